The number of hydrogen-bond acceptors (Lipinski definition) is 5. The van der Waals surface area contributed by atoms with E-state index < -0.39 is 0 Å². The second kappa shape index (κ2) is 9.22. The number of aryl methyl sites for hydroxylation is 1. The van der Waals surface area contributed by atoms with Crippen LogP contribution in [0.3, 0.4) is 0 Å². The third kappa shape index (κ3) is 4.71. The van der Waals surface area contributed by atoms with Gasteiger partial charge in [-0.05, 0) is 93.4 Å². The zero-order chi connectivity index (χ0) is 23.8. The number of likely N-dealkylation sites (tertiary alicyclic amines) is 1. The monoisotopic (exact) mass is 458 g/mol. The Morgan fingerprint density at radius 3 is 2.41 bits per heavy atom. The second-order valence-electron chi connectivity index (χ2n) is 10.1. The average molecular weight is 459 g/mol. The second-order valence-corrected chi connectivity index (χ2v) is 10.1. The molecule has 0 radical (unpaired) electrons. The molecule has 0 unspecified atom stereocenters. The molecule has 1 aliphatic carbocycles. The Bertz CT molecular complexity index is 1170. The molecule has 5 rings (SSSR count). The third-order valence-electron chi connectivity index (χ3n) is 7.09. The number of amides is 1. The number of piperidine rings is 1. The van der Waals surface area contributed by atoms with E-state index in [1.54, 1.807) is 0 Å². The van der Waals surface area contributed by atoms with Crippen LogP contribution in [0, 0.1) is 6.92 Å². The van der Waals surface area contributed by atoms with Crippen LogP contribution in [-0.2, 0) is 6.54 Å². The Balaban J connectivity index is 1.37. The van der Waals surface area contributed by atoms with Gasteiger partial charge in [0.2, 0.25) is 0 Å². The Hall–Kier alpha value is -3.19. The predicted molar refractivity (Wildman–Crippen MR) is 135 cm³/mol. The number of anilines is 1. The lowest BCUT2D eigenvalue weighted by atomic mass is 9.88. The van der Waals surface area contributed by atoms with Crippen molar-refractivity contribution in [2.24, 2.45) is 0 Å². The number of hydrogen-bond donors (Lipinski definition) is 2. The normalized spacial score (nSPS) is 16.9. The van der Waals surface area contributed by atoms with E-state index in [1.165, 1.54) is 24.0 Å². The highest BCUT2D eigenvalue weighted by Crippen LogP contribution is 2.45. The minimum absolute atomic E-state index is 0.116. The molecule has 34 heavy (non-hydrogen) atoms. The number of nitrogen functional groups attached to an aromatic ring is 1. The van der Waals surface area contributed by atoms with Crippen molar-refractivity contribution >= 4 is 11.6 Å². The molecule has 2 aliphatic rings. The number of benzene rings is 2. The molecule has 7 nitrogen and oxygen atoms in total. The Kier molecular flexibility index (Phi) is 6.13. The van der Waals surface area contributed by atoms with E-state index in [-0.39, 0.29) is 5.91 Å². The molecule has 1 aromatic heterocycles. The minimum Gasteiger partial charge on any atom is -0.399 e. The largest absolute Gasteiger partial charge is 0.399 e. The molecule has 0 spiro atoms. The molecule has 7 heteroatoms. The van der Waals surface area contributed by atoms with E-state index in [9.17, 15) is 4.79 Å². The zero-order valence-electron chi connectivity index (χ0n) is 20.3. The molecule has 0 atom stereocenters. The number of nitrogens with one attached hydrogen (secondary N) is 1. The number of nitrogens with zero attached hydrogens (tertiary/aromatic N) is 4. The van der Waals surface area contributed by atoms with E-state index in [2.05, 4.69) is 51.3 Å². The first kappa shape index (κ1) is 22.6. The van der Waals surface area contributed by atoms with Crippen LogP contribution in [0.2, 0.25) is 0 Å². The van der Waals surface area contributed by atoms with Gasteiger partial charge in [0.15, 0.2) is 5.82 Å². The molecular weight excluding hydrogens is 424 g/mol. The minimum atomic E-state index is 0.116. The third-order valence-corrected chi connectivity index (χ3v) is 7.09. The van der Waals surface area contributed by atoms with E-state index in [0.29, 0.717) is 18.4 Å². The van der Waals surface area contributed by atoms with Gasteiger partial charge < -0.3 is 20.5 Å². The maximum absolute atomic E-state index is 13.6. The first-order valence-corrected chi connectivity index (χ1v) is 12.2. The van der Waals surface area contributed by atoms with Gasteiger partial charge in [-0.25, -0.2) is 0 Å². The summed E-state index contributed by atoms with van der Waals surface area (Å²) >= 11 is 0. The average Bonchev–Trinajstić information content (AvgIpc) is 3.58. The lowest BCUT2D eigenvalue weighted by Crippen LogP contribution is -2.38. The molecule has 2 fully saturated rings. The molecule has 1 amide bonds. The van der Waals surface area contributed by atoms with Crippen molar-refractivity contribution in [1.29, 1.82) is 0 Å². The summed E-state index contributed by atoms with van der Waals surface area (Å²) in [7, 11) is 4.02. The van der Waals surface area contributed by atoms with E-state index in [1.807, 2.05) is 31.1 Å². The van der Waals surface area contributed by atoms with Gasteiger partial charge in [-0.3, -0.25) is 4.79 Å². The number of rotatable bonds is 6. The SMILES string of the molecule is Cc1cc(C2CC2)c(-c2nnc(CN(C)C)[nH]2)cc1C(=O)N1CCC(c2ccc(N)cc2)CC1. The fraction of sp³-hybridized carbons (Fsp3) is 0.444. The summed E-state index contributed by atoms with van der Waals surface area (Å²) in [6.07, 6.45) is 4.32. The van der Waals surface area contributed by atoms with Crippen LogP contribution in [0.5, 0.6) is 0 Å². The molecule has 2 heterocycles. The zero-order valence-corrected chi connectivity index (χ0v) is 20.3. The highest BCUT2D eigenvalue weighted by molar-refractivity contribution is 5.97. The van der Waals surface area contributed by atoms with E-state index >= 15 is 0 Å². The van der Waals surface area contributed by atoms with Crippen LogP contribution in [0.25, 0.3) is 11.4 Å². The Morgan fingerprint density at radius 2 is 1.76 bits per heavy atom. The fourth-order valence-corrected chi connectivity index (χ4v) is 5.04. The van der Waals surface area contributed by atoms with Crippen LogP contribution in [-0.4, -0.2) is 58.1 Å². The van der Waals surface area contributed by atoms with Crippen LogP contribution in [0.1, 0.15) is 70.4 Å². The van der Waals surface area contributed by atoms with E-state index in [0.717, 1.165) is 60.0 Å². The van der Waals surface area contributed by atoms with Crippen molar-refractivity contribution in [3.05, 3.63) is 64.5 Å². The Morgan fingerprint density at radius 1 is 1.06 bits per heavy atom. The Labute approximate surface area is 201 Å². The molecular formula is C27H34N6O. The van der Waals surface area contributed by atoms with Crippen LogP contribution < -0.4 is 5.73 Å². The van der Waals surface area contributed by atoms with Gasteiger partial charge in [-0.15, -0.1) is 10.2 Å². The quantitative estimate of drug-likeness (QED) is 0.537. The van der Waals surface area contributed by atoms with Gasteiger partial charge >= 0.3 is 0 Å². The van der Waals surface area contributed by atoms with Crippen molar-refractivity contribution in [3.63, 3.8) is 0 Å². The van der Waals surface area contributed by atoms with Crippen LogP contribution in [0.15, 0.2) is 36.4 Å². The maximum atomic E-state index is 13.6. The number of carbonyl (C=O) groups excluding carboxylic acids is 1. The molecule has 178 valence electrons. The summed E-state index contributed by atoms with van der Waals surface area (Å²) in [5.41, 5.74) is 12.1. The maximum Gasteiger partial charge on any atom is 0.254 e. The molecule has 0 bridgehead atoms. The van der Waals surface area contributed by atoms with E-state index in [4.69, 9.17) is 5.73 Å². The number of nitrogens with two attached hydrogens (primary N) is 1. The summed E-state index contributed by atoms with van der Waals surface area (Å²) in [4.78, 5) is 21.0. The summed E-state index contributed by atoms with van der Waals surface area (Å²) in [6, 6.07) is 12.4. The lowest BCUT2D eigenvalue weighted by molar-refractivity contribution is 0.0712. The molecule has 1 saturated heterocycles. The van der Waals surface area contributed by atoms with Crippen molar-refractivity contribution in [1.82, 2.24) is 25.0 Å². The summed E-state index contributed by atoms with van der Waals surface area (Å²) in [6.45, 7) is 4.29. The summed E-state index contributed by atoms with van der Waals surface area (Å²) < 4.78 is 0. The topological polar surface area (TPSA) is 91.1 Å². The number of aromatic nitrogens is 3. The number of aromatic amines is 1. The summed E-state index contributed by atoms with van der Waals surface area (Å²) in [5, 5.41) is 8.77. The molecule has 3 N–H and O–H groups in total. The lowest BCUT2D eigenvalue weighted by Gasteiger charge is -2.33. The molecule has 1 aliphatic heterocycles. The van der Waals surface area contributed by atoms with Crippen molar-refractivity contribution in [3.8, 4) is 11.4 Å². The predicted octanol–water partition coefficient (Wildman–Crippen LogP) is 4.32. The van der Waals surface area contributed by atoms with Gasteiger partial charge in [0, 0.05) is 29.9 Å². The smallest absolute Gasteiger partial charge is 0.254 e. The molecule has 3 aromatic rings. The first-order valence-electron chi connectivity index (χ1n) is 12.2. The van der Waals surface area contributed by atoms with Gasteiger partial charge in [0.1, 0.15) is 5.82 Å². The van der Waals surface area contributed by atoms with Gasteiger partial charge in [0.25, 0.3) is 5.91 Å². The van der Waals surface area contributed by atoms with Crippen molar-refractivity contribution < 1.29 is 4.79 Å². The standard InChI is InChI=1S/C27H34N6O/c1-17-14-23(20-4-5-20)24(26-29-25(30-31-26)16-32(2)3)15-22(17)27(34)33-12-10-19(11-13-33)18-6-8-21(28)9-7-18/h6-9,14-15,19-20H,4-5,10-13,16,28H2,1-3H3,(H,29,30,31). The van der Waals surface area contributed by atoms with Gasteiger partial charge in [0.05, 0.1) is 6.54 Å². The molecule has 2 aromatic carbocycles. The highest BCUT2D eigenvalue weighted by Gasteiger charge is 2.31. The molecule has 1 saturated carbocycles. The number of carbonyl (C=O) groups is 1. The first-order chi connectivity index (χ1) is 16.4. The van der Waals surface area contributed by atoms with Crippen LogP contribution >= 0.6 is 0 Å². The highest BCUT2D eigenvalue weighted by atomic mass is 16.2. The van der Waals surface area contributed by atoms with Crippen LogP contribution in [0.4, 0.5) is 5.69 Å². The fourth-order valence-electron chi connectivity index (χ4n) is 5.04. The van der Waals surface area contributed by atoms with Gasteiger partial charge in [-0.2, -0.15) is 0 Å². The number of H-pyrrole nitrogens is 1. The summed E-state index contributed by atoms with van der Waals surface area (Å²) in [5.74, 6) is 2.73. The van der Waals surface area contributed by atoms with Gasteiger partial charge in [-0.1, -0.05) is 18.2 Å². The van der Waals surface area contributed by atoms with Crippen molar-refractivity contribution in [2.45, 2.75) is 51.0 Å². The van der Waals surface area contributed by atoms with Crippen molar-refractivity contribution in [2.75, 3.05) is 32.9 Å².